The molecular formula is C30H23NO. The molecule has 1 unspecified atom stereocenters. The molecule has 0 aromatic heterocycles. The van der Waals surface area contributed by atoms with Gasteiger partial charge in [-0.05, 0) is 44.3 Å². The van der Waals surface area contributed by atoms with Crippen molar-refractivity contribution in [2.24, 2.45) is 0 Å². The van der Waals surface area contributed by atoms with Crippen molar-refractivity contribution in [2.75, 3.05) is 4.90 Å². The van der Waals surface area contributed by atoms with Gasteiger partial charge < -0.3 is 4.90 Å². The van der Waals surface area contributed by atoms with Gasteiger partial charge in [-0.2, -0.15) is 0 Å². The highest BCUT2D eigenvalue weighted by Crippen LogP contribution is 2.46. The van der Waals surface area contributed by atoms with Gasteiger partial charge in [0.1, 0.15) is 0 Å². The molecule has 32 heavy (non-hydrogen) atoms. The van der Waals surface area contributed by atoms with E-state index < -0.39 is 0 Å². The van der Waals surface area contributed by atoms with Crippen LogP contribution in [0.3, 0.4) is 0 Å². The van der Waals surface area contributed by atoms with Crippen LogP contribution in [0.4, 0.5) is 5.69 Å². The molecule has 1 aliphatic heterocycles. The molecule has 2 nitrogen and oxygen atoms in total. The van der Waals surface area contributed by atoms with Crippen LogP contribution in [0.15, 0.2) is 109 Å². The number of anilines is 1. The minimum atomic E-state index is 0.0294. The minimum absolute atomic E-state index is 0.0294. The molecule has 0 saturated carbocycles. The van der Waals surface area contributed by atoms with Crippen molar-refractivity contribution >= 4 is 33.1 Å². The van der Waals surface area contributed by atoms with Crippen molar-refractivity contribution in [3.05, 3.63) is 126 Å². The number of rotatable bonds is 3. The number of hydrogen-bond donors (Lipinski definition) is 0. The smallest absolute Gasteiger partial charge is 0.228 e. The lowest BCUT2D eigenvalue weighted by Gasteiger charge is -2.36. The molecule has 0 radical (unpaired) electrons. The number of carbonyl (C=O) groups is 1. The summed E-state index contributed by atoms with van der Waals surface area (Å²) in [6.45, 7) is 0.591. The van der Waals surface area contributed by atoms with Crippen LogP contribution in [-0.2, 0) is 11.3 Å². The SMILES string of the molecule is O=C1CC(c2cccc3ccccc23)c2c(ccc3ccccc23)N1Cc1ccccc1. The number of nitrogens with zero attached hydrogens (tertiary/aromatic N) is 1. The van der Waals surface area contributed by atoms with E-state index in [0.29, 0.717) is 13.0 Å². The number of hydrogen-bond acceptors (Lipinski definition) is 1. The normalized spacial score (nSPS) is 15.8. The van der Waals surface area contributed by atoms with Crippen LogP contribution in [0.2, 0.25) is 0 Å². The van der Waals surface area contributed by atoms with E-state index in [1.165, 1.54) is 32.7 Å². The zero-order valence-corrected chi connectivity index (χ0v) is 17.7. The van der Waals surface area contributed by atoms with Gasteiger partial charge in [-0.25, -0.2) is 0 Å². The van der Waals surface area contributed by atoms with E-state index in [-0.39, 0.29) is 11.8 Å². The minimum Gasteiger partial charge on any atom is -0.308 e. The molecule has 0 saturated heterocycles. The summed E-state index contributed by atoms with van der Waals surface area (Å²) >= 11 is 0. The predicted molar refractivity (Wildman–Crippen MR) is 132 cm³/mol. The molecule has 5 aromatic carbocycles. The fourth-order valence-electron chi connectivity index (χ4n) is 5.17. The van der Waals surface area contributed by atoms with Gasteiger partial charge in [-0.3, -0.25) is 4.79 Å². The summed E-state index contributed by atoms with van der Waals surface area (Å²) in [6, 6.07) is 38.0. The Balaban J connectivity index is 1.59. The van der Waals surface area contributed by atoms with E-state index in [1.807, 2.05) is 23.1 Å². The molecule has 0 aliphatic carbocycles. The van der Waals surface area contributed by atoms with Crippen molar-refractivity contribution < 1.29 is 4.79 Å². The van der Waals surface area contributed by atoms with Gasteiger partial charge in [-0.15, -0.1) is 0 Å². The summed E-state index contributed by atoms with van der Waals surface area (Å²) in [4.78, 5) is 15.5. The van der Waals surface area contributed by atoms with Crippen molar-refractivity contribution in [1.29, 1.82) is 0 Å². The number of fused-ring (bicyclic) bond motifs is 4. The highest BCUT2D eigenvalue weighted by Gasteiger charge is 2.34. The highest BCUT2D eigenvalue weighted by atomic mass is 16.2. The zero-order valence-electron chi connectivity index (χ0n) is 17.7. The summed E-state index contributed by atoms with van der Waals surface area (Å²) < 4.78 is 0. The maximum absolute atomic E-state index is 13.5. The lowest BCUT2D eigenvalue weighted by Crippen LogP contribution is -2.36. The van der Waals surface area contributed by atoms with Crippen LogP contribution in [0.25, 0.3) is 21.5 Å². The molecule has 0 fully saturated rings. The van der Waals surface area contributed by atoms with Crippen LogP contribution in [0.1, 0.15) is 29.0 Å². The topological polar surface area (TPSA) is 20.3 Å². The second kappa shape index (κ2) is 7.65. The van der Waals surface area contributed by atoms with Crippen molar-refractivity contribution in [2.45, 2.75) is 18.9 Å². The molecule has 154 valence electrons. The van der Waals surface area contributed by atoms with Gasteiger partial charge in [-0.1, -0.05) is 103 Å². The van der Waals surface area contributed by atoms with E-state index in [0.717, 1.165) is 11.3 Å². The summed E-state index contributed by atoms with van der Waals surface area (Å²) in [5, 5.41) is 4.88. The first-order valence-corrected chi connectivity index (χ1v) is 11.1. The van der Waals surface area contributed by atoms with Crippen LogP contribution < -0.4 is 4.90 Å². The molecule has 0 N–H and O–H groups in total. The molecule has 0 bridgehead atoms. The van der Waals surface area contributed by atoms with Gasteiger partial charge in [0.15, 0.2) is 0 Å². The Morgan fingerprint density at radius 2 is 1.31 bits per heavy atom. The van der Waals surface area contributed by atoms with Gasteiger partial charge in [0.25, 0.3) is 0 Å². The molecule has 1 amide bonds. The summed E-state index contributed by atoms with van der Waals surface area (Å²) in [5.41, 5.74) is 4.66. The first-order valence-electron chi connectivity index (χ1n) is 11.1. The average molecular weight is 414 g/mol. The Morgan fingerprint density at radius 1 is 0.656 bits per heavy atom. The highest BCUT2D eigenvalue weighted by molar-refractivity contribution is 6.04. The van der Waals surface area contributed by atoms with Crippen LogP contribution in [0, 0.1) is 0 Å². The third-order valence-electron chi connectivity index (χ3n) is 6.65. The van der Waals surface area contributed by atoms with Crippen LogP contribution >= 0.6 is 0 Å². The summed E-state index contributed by atoms with van der Waals surface area (Å²) in [7, 11) is 0. The Bertz CT molecular complexity index is 1450. The Kier molecular flexibility index (Phi) is 4.50. The zero-order chi connectivity index (χ0) is 21.5. The summed E-state index contributed by atoms with van der Waals surface area (Å²) in [5.74, 6) is 0.205. The lowest BCUT2D eigenvalue weighted by molar-refractivity contribution is -0.119. The summed E-state index contributed by atoms with van der Waals surface area (Å²) in [6.07, 6.45) is 0.474. The van der Waals surface area contributed by atoms with Gasteiger partial charge in [0.2, 0.25) is 5.91 Å². The molecular weight excluding hydrogens is 390 g/mol. The quantitative estimate of drug-likeness (QED) is 0.310. The number of carbonyl (C=O) groups excluding carboxylic acids is 1. The van der Waals surface area contributed by atoms with Crippen molar-refractivity contribution in [3.8, 4) is 0 Å². The Morgan fingerprint density at radius 3 is 2.12 bits per heavy atom. The molecule has 0 spiro atoms. The van der Waals surface area contributed by atoms with E-state index in [2.05, 4.69) is 91.0 Å². The average Bonchev–Trinajstić information content (AvgIpc) is 2.85. The maximum Gasteiger partial charge on any atom is 0.228 e. The molecule has 1 atom stereocenters. The first kappa shape index (κ1) is 18.8. The number of benzene rings is 5. The maximum atomic E-state index is 13.5. The molecule has 2 heteroatoms. The predicted octanol–water partition coefficient (Wildman–Crippen LogP) is 7.06. The van der Waals surface area contributed by atoms with Crippen LogP contribution in [0.5, 0.6) is 0 Å². The fraction of sp³-hybridized carbons (Fsp3) is 0.100. The second-order valence-corrected chi connectivity index (χ2v) is 8.51. The Hall–Kier alpha value is -3.91. The monoisotopic (exact) mass is 413 g/mol. The number of amides is 1. The first-order chi connectivity index (χ1) is 15.8. The van der Waals surface area contributed by atoms with E-state index in [9.17, 15) is 4.79 Å². The molecule has 6 rings (SSSR count). The van der Waals surface area contributed by atoms with Gasteiger partial charge in [0.05, 0.1) is 6.54 Å². The van der Waals surface area contributed by atoms with Gasteiger partial charge in [0, 0.05) is 18.0 Å². The van der Waals surface area contributed by atoms with Crippen LogP contribution in [-0.4, -0.2) is 5.91 Å². The third kappa shape index (κ3) is 3.07. The fourth-order valence-corrected chi connectivity index (χ4v) is 5.17. The Labute approximate surface area is 187 Å². The van der Waals surface area contributed by atoms with E-state index in [1.54, 1.807) is 0 Å². The van der Waals surface area contributed by atoms with E-state index >= 15 is 0 Å². The van der Waals surface area contributed by atoms with Crippen molar-refractivity contribution in [3.63, 3.8) is 0 Å². The van der Waals surface area contributed by atoms with Gasteiger partial charge >= 0.3 is 0 Å². The molecule has 5 aromatic rings. The molecule has 1 aliphatic rings. The third-order valence-corrected chi connectivity index (χ3v) is 6.65. The van der Waals surface area contributed by atoms with E-state index in [4.69, 9.17) is 0 Å². The standard InChI is InChI=1S/C30H23NO/c32-29-19-27(26-16-8-13-22-11-4-6-14-24(22)26)30-25-15-7-5-12-23(25)17-18-28(30)31(29)20-21-9-2-1-3-10-21/h1-18,27H,19-20H2. The largest absolute Gasteiger partial charge is 0.308 e. The van der Waals surface area contributed by atoms with Crippen molar-refractivity contribution in [1.82, 2.24) is 0 Å². The molecule has 1 heterocycles. The second-order valence-electron chi connectivity index (χ2n) is 8.51. The lowest BCUT2D eigenvalue weighted by atomic mass is 9.79.